The summed E-state index contributed by atoms with van der Waals surface area (Å²) in [6.45, 7) is 5.00. The third-order valence-electron chi connectivity index (χ3n) is 10.5. The summed E-state index contributed by atoms with van der Waals surface area (Å²) in [6, 6.07) is 28.2. The molecule has 3 amide bonds. The second-order valence-electron chi connectivity index (χ2n) is 14.1. The zero-order chi connectivity index (χ0) is 38.3. The highest BCUT2D eigenvalue weighted by Gasteiger charge is 2.39. The van der Waals surface area contributed by atoms with Gasteiger partial charge < -0.3 is 24.4 Å². The van der Waals surface area contributed by atoms with Gasteiger partial charge in [-0.05, 0) is 102 Å². The number of benzene rings is 5. The van der Waals surface area contributed by atoms with Crippen LogP contribution in [0.2, 0.25) is 0 Å². The van der Waals surface area contributed by atoms with Crippen LogP contribution in [0.15, 0.2) is 102 Å². The molecule has 0 saturated carbocycles. The molecule has 1 unspecified atom stereocenters. The van der Waals surface area contributed by atoms with E-state index in [4.69, 9.17) is 9.47 Å². The van der Waals surface area contributed by atoms with E-state index in [0.29, 0.717) is 42.4 Å². The van der Waals surface area contributed by atoms with Crippen molar-refractivity contribution >= 4 is 44.0 Å². The highest BCUT2D eigenvalue weighted by molar-refractivity contribution is 7.90. The number of carbonyl (C=O) groups excluding carboxylic acids is 3. The third-order valence-corrected chi connectivity index (χ3v) is 11.6. The summed E-state index contributed by atoms with van der Waals surface area (Å²) >= 11 is 0. The van der Waals surface area contributed by atoms with Crippen LogP contribution in [0.5, 0.6) is 23.0 Å². The van der Waals surface area contributed by atoms with E-state index in [-0.39, 0.29) is 28.9 Å². The Morgan fingerprint density at radius 2 is 1.55 bits per heavy atom. The molecule has 0 radical (unpaired) electrons. The molecule has 1 atom stereocenters. The lowest BCUT2D eigenvalue weighted by molar-refractivity contribution is -0.136. The Balaban J connectivity index is 0.858. The number of nitrogens with zero attached hydrogens (tertiary/aromatic N) is 3. The van der Waals surface area contributed by atoms with Gasteiger partial charge >= 0.3 is 0 Å². The van der Waals surface area contributed by atoms with Crippen LogP contribution in [0.25, 0.3) is 21.9 Å². The summed E-state index contributed by atoms with van der Waals surface area (Å²) in [6.07, 6.45) is 1.76. The molecule has 13 heteroatoms. The first-order valence-electron chi connectivity index (χ1n) is 18.2. The zero-order valence-corrected chi connectivity index (χ0v) is 31.1. The molecule has 5 aromatic rings. The van der Waals surface area contributed by atoms with Gasteiger partial charge in [-0.1, -0.05) is 18.2 Å². The number of rotatable bonds is 10. The summed E-state index contributed by atoms with van der Waals surface area (Å²) in [5.74, 6) is 1.17. The number of phenols is 1. The van der Waals surface area contributed by atoms with Gasteiger partial charge in [-0.2, -0.15) is 0 Å². The Bertz CT molecular complexity index is 2410. The van der Waals surface area contributed by atoms with E-state index in [1.165, 1.54) is 6.26 Å². The molecule has 2 fully saturated rings. The van der Waals surface area contributed by atoms with Gasteiger partial charge in [-0.3, -0.25) is 24.6 Å². The van der Waals surface area contributed by atoms with Gasteiger partial charge in [0.1, 0.15) is 35.6 Å². The van der Waals surface area contributed by atoms with Gasteiger partial charge in [0.15, 0.2) is 9.84 Å². The van der Waals surface area contributed by atoms with Crippen LogP contribution in [0.1, 0.15) is 28.8 Å². The highest BCUT2D eigenvalue weighted by Crippen LogP contribution is 2.41. The van der Waals surface area contributed by atoms with Gasteiger partial charge in [-0.15, -0.1) is 0 Å². The number of amides is 3. The molecule has 3 aliphatic rings. The Labute approximate surface area is 318 Å². The predicted molar refractivity (Wildman–Crippen MR) is 207 cm³/mol. The van der Waals surface area contributed by atoms with Crippen molar-refractivity contribution in [3.63, 3.8) is 0 Å². The van der Waals surface area contributed by atoms with Gasteiger partial charge in [0, 0.05) is 74.1 Å². The van der Waals surface area contributed by atoms with Crippen LogP contribution in [0.3, 0.4) is 0 Å². The summed E-state index contributed by atoms with van der Waals surface area (Å²) in [5, 5.41) is 14.0. The normalized spacial score (nSPS) is 17.7. The van der Waals surface area contributed by atoms with Crippen molar-refractivity contribution in [1.82, 2.24) is 15.1 Å². The molecule has 5 aromatic carbocycles. The number of sulfone groups is 1. The van der Waals surface area contributed by atoms with Crippen LogP contribution >= 0.6 is 0 Å². The number of phenolic OH excluding ortho intramolecular Hbond substituents is 1. The van der Waals surface area contributed by atoms with Crippen molar-refractivity contribution in [2.75, 3.05) is 50.5 Å². The monoisotopic (exact) mass is 760 g/mol. The summed E-state index contributed by atoms with van der Waals surface area (Å²) in [4.78, 5) is 43.6. The maximum absolute atomic E-state index is 13.1. The fraction of sp³-hybridized carbons (Fsp3) is 0.262. The number of nitrogens with one attached hydrogen (secondary N) is 1. The number of ether oxygens (including phenoxy) is 2. The number of piperazine rings is 1. The largest absolute Gasteiger partial charge is 0.508 e. The van der Waals surface area contributed by atoms with Crippen molar-refractivity contribution in [2.45, 2.75) is 30.3 Å². The second-order valence-corrected chi connectivity index (χ2v) is 16.2. The lowest BCUT2D eigenvalue weighted by Crippen LogP contribution is -2.52. The van der Waals surface area contributed by atoms with Gasteiger partial charge in [0.25, 0.3) is 5.91 Å². The van der Waals surface area contributed by atoms with E-state index in [0.717, 1.165) is 65.9 Å². The molecule has 55 heavy (non-hydrogen) atoms. The molecule has 0 aromatic heterocycles. The minimum atomic E-state index is -3.34. The molecule has 8 rings (SSSR count). The van der Waals surface area contributed by atoms with Gasteiger partial charge in [-0.25, -0.2) is 8.42 Å². The van der Waals surface area contributed by atoms with Crippen molar-refractivity contribution in [1.29, 1.82) is 0 Å². The minimum Gasteiger partial charge on any atom is -0.508 e. The second kappa shape index (κ2) is 14.7. The maximum Gasteiger partial charge on any atom is 0.255 e. The van der Waals surface area contributed by atoms with Gasteiger partial charge in [0.05, 0.1) is 4.90 Å². The number of hydrogen-bond donors (Lipinski definition) is 2. The Kier molecular flexibility index (Phi) is 9.66. The van der Waals surface area contributed by atoms with Crippen molar-refractivity contribution in [3.05, 3.63) is 108 Å². The van der Waals surface area contributed by atoms with E-state index in [1.54, 1.807) is 47.4 Å². The summed E-state index contributed by atoms with van der Waals surface area (Å²) in [7, 11) is -3.34. The SMILES string of the molecule is CS(=O)(=O)c1ccc(-c2ccc3cc(O)ccc3c2Oc2ccc(OCCN3CCN(c4ccc5c(c4)CN(C4CCC(=O)NC4=O)C5=O)CC3)cc2)cc1. The average Bonchev–Trinajstić information content (AvgIpc) is 3.50. The Morgan fingerprint density at radius 1 is 0.818 bits per heavy atom. The lowest BCUT2D eigenvalue weighted by atomic mass is 9.99. The molecule has 2 N–H and O–H groups in total. The van der Waals surface area contributed by atoms with Crippen molar-refractivity contribution < 1.29 is 37.4 Å². The first kappa shape index (κ1) is 36.1. The average molecular weight is 761 g/mol. The Hall–Kier alpha value is -5.92. The summed E-state index contributed by atoms with van der Waals surface area (Å²) in [5.41, 5.74) is 4.14. The fourth-order valence-corrected chi connectivity index (χ4v) is 8.14. The molecule has 3 heterocycles. The van der Waals surface area contributed by atoms with E-state index >= 15 is 0 Å². The van der Waals surface area contributed by atoms with Crippen LogP contribution in [0.4, 0.5) is 5.69 Å². The molecule has 0 spiro atoms. The number of imide groups is 1. The van der Waals surface area contributed by atoms with E-state index in [9.17, 15) is 27.9 Å². The molecule has 282 valence electrons. The van der Waals surface area contributed by atoms with Crippen molar-refractivity contribution in [2.24, 2.45) is 0 Å². The standard InChI is InChI=1S/C42H40N4O8S/c1-55(51,52)34-11-2-27(3-12-34)35-13-4-28-25-31(47)6-15-36(28)40(35)54-33-9-7-32(8-10-33)53-23-22-44-18-20-45(21-19-44)30-5-14-37-29(24-30)26-46(42(37)50)38-16-17-39(48)43-41(38)49/h2-15,24-25,38,47H,16-23,26H2,1H3,(H,43,48,49). The molecule has 12 nitrogen and oxygen atoms in total. The number of aromatic hydroxyl groups is 1. The maximum atomic E-state index is 13.1. The number of carbonyl (C=O) groups is 3. The minimum absolute atomic E-state index is 0.145. The topological polar surface area (TPSA) is 146 Å². The number of fused-ring (bicyclic) bond motifs is 2. The van der Waals surface area contributed by atoms with E-state index < -0.39 is 21.8 Å². The predicted octanol–water partition coefficient (Wildman–Crippen LogP) is 5.37. The molecular weight excluding hydrogens is 721 g/mol. The number of anilines is 1. The van der Waals surface area contributed by atoms with E-state index in [1.807, 2.05) is 48.5 Å². The smallest absolute Gasteiger partial charge is 0.255 e. The summed E-state index contributed by atoms with van der Waals surface area (Å²) < 4.78 is 36.6. The molecule has 0 bridgehead atoms. The third kappa shape index (κ3) is 7.58. The first-order chi connectivity index (χ1) is 26.5. The number of hydrogen-bond acceptors (Lipinski definition) is 10. The molecule has 3 aliphatic heterocycles. The first-order valence-corrected chi connectivity index (χ1v) is 20.1. The highest BCUT2D eigenvalue weighted by atomic mass is 32.2. The molecule has 0 aliphatic carbocycles. The van der Waals surface area contributed by atoms with Crippen LogP contribution in [-0.2, 0) is 26.0 Å². The molecular formula is C42H40N4O8S. The van der Waals surface area contributed by atoms with E-state index in [2.05, 4.69) is 21.2 Å². The Morgan fingerprint density at radius 3 is 2.27 bits per heavy atom. The quantitative estimate of drug-likeness (QED) is 0.178. The fourth-order valence-electron chi connectivity index (χ4n) is 7.51. The lowest BCUT2D eigenvalue weighted by Gasteiger charge is -2.36. The zero-order valence-electron chi connectivity index (χ0n) is 30.2. The molecule has 2 saturated heterocycles. The number of piperidine rings is 1. The van der Waals surface area contributed by atoms with Crippen molar-refractivity contribution in [3.8, 4) is 34.1 Å². The van der Waals surface area contributed by atoms with Crippen LogP contribution in [-0.4, -0.2) is 92.7 Å². The van der Waals surface area contributed by atoms with Crippen LogP contribution in [0, 0.1) is 0 Å². The van der Waals surface area contributed by atoms with Crippen LogP contribution < -0.4 is 19.7 Å². The van der Waals surface area contributed by atoms with Gasteiger partial charge in [0.2, 0.25) is 11.8 Å².